The molecule has 21 heavy (non-hydrogen) atoms. The Morgan fingerprint density at radius 1 is 1.38 bits per heavy atom. The van der Waals surface area contributed by atoms with E-state index in [1.54, 1.807) is 0 Å². The number of ether oxygens (including phenoxy) is 1. The SMILES string of the molecule is O=C(O)CC1CCN(CC2Cc3cc(Br)ccc3O2)CC1. The summed E-state index contributed by atoms with van der Waals surface area (Å²) < 4.78 is 7.10. The van der Waals surface area contributed by atoms with Gasteiger partial charge in [0.15, 0.2) is 0 Å². The Morgan fingerprint density at radius 2 is 2.14 bits per heavy atom. The third-order valence-electron chi connectivity index (χ3n) is 4.40. The van der Waals surface area contributed by atoms with Crippen LogP contribution in [0.1, 0.15) is 24.8 Å². The van der Waals surface area contributed by atoms with Gasteiger partial charge in [0, 0.05) is 23.9 Å². The topological polar surface area (TPSA) is 49.8 Å². The number of carboxylic acids is 1. The van der Waals surface area contributed by atoms with E-state index in [4.69, 9.17) is 9.84 Å². The molecule has 5 heteroatoms. The number of aliphatic carboxylic acids is 1. The first-order chi connectivity index (χ1) is 10.1. The van der Waals surface area contributed by atoms with Gasteiger partial charge in [-0.2, -0.15) is 0 Å². The normalized spacial score (nSPS) is 22.8. The lowest BCUT2D eigenvalue weighted by Crippen LogP contribution is -2.40. The van der Waals surface area contributed by atoms with Crippen molar-refractivity contribution in [3.63, 3.8) is 0 Å². The molecule has 1 aromatic carbocycles. The minimum absolute atomic E-state index is 0.227. The van der Waals surface area contributed by atoms with Crippen LogP contribution in [0.3, 0.4) is 0 Å². The molecule has 0 spiro atoms. The summed E-state index contributed by atoms with van der Waals surface area (Å²) in [6, 6.07) is 6.17. The Bertz CT molecular complexity index is 526. The van der Waals surface area contributed by atoms with Gasteiger partial charge in [0.2, 0.25) is 0 Å². The number of rotatable bonds is 4. The quantitative estimate of drug-likeness (QED) is 0.903. The van der Waals surface area contributed by atoms with E-state index in [2.05, 4.69) is 26.9 Å². The highest BCUT2D eigenvalue weighted by atomic mass is 79.9. The van der Waals surface area contributed by atoms with Crippen molar-refractivity contribution in [3.05, 3.63) is 28.2 Å². The fourth-order valence-electron chi connectivity index (χ4n) is 3.30. The van der Waals surface area contributed by atoms with Crippen LogP contribution in [0.25, 0.3) is 0 Å². The van der Waals surface area contributed by atoms with Crippen LogP contribution in [-0.2, 0) is 11.2 Å². The molecule has 1 aromatic rings. The fourth-order valence-corrected chi connectivity index (χ4v) is 3.71. The standard InChI is InChI=1S/C16H20BrNO3/c17-13-1-2-15-12(8-13)9-14(21-15)10-18-5-3-11(4-6-18)7-16(19)20/h1-2,8,11,14H,3-7,9-10H2,(H,19,20). The molecule has 0 radical (unpaired) electrons. The van der Waals surface area contributed by atoms with Crippen LogP contribution in [0, 0.1) is 5.92 Å². The van der Waals surface area contributed by atoms with Gasteiger partial charge < -0.3 is 9.84 Å². The average molecular weight is 354 g/mol. The molecule has 0 aliphatic carbocycles. The number of likely N-dealkylation sites (tertiary alicyclic amines) is 1. The second-order valence-corrected chi connectivity index (χ2v) is 6.95. The Kier molecular flexibility index (Phi) is 4.50. The lowest BCUT2D eigenvalue weighted by Gasteiger charge is -2.32. The number of fused-ring (bicyclic) bond motifs is 1. The maximum Gasteiger partial charge on any atom is 0.303 e. The van der Waals surface area contributed by atoms with Crippen molar-refractivity contribution in [2.24, 2.45) is 5.92 Å². The van der Waals surface area contributed by atoms with E-state index in [0.717, 1.165) is 49.1 Å². The van der Waals surface area contributed by atoms with E-state index in [1.165, 1.54) is 5.56 Å². The first kappa shape index (κ1) is 14.9. The molecule has 0 aromatic heterocycles. The van der Waals surface area contributed by atoms with Gasteiger partial charge in [0.05, 0.1) is 0 Å². The van der Waals surface area contributed by atoms with Crippen molar-refractivity contribution in [2.45, 2.75) is 31.8 Å². The average Bonchev–Trinajstić information content (AvgIpc) is 2.82. The number of hydrogen-bond donors (Lipinski definition) is 1. The van der Waals surface area contributed by atoms with Crippen molar-refractivity contribution in [1.29, 1.82) is 0 Å². The molecular weight excluding hydrogens is 334 g/mol. The van der Waals surface area contributed by atoms with Crippen molar-refractivity contribution in [1.82, 2.24) is 4.90 Å². The summed E-state index contributed by atoms with van der Waals surface area (Å²) in [5, 5.41) is 8.85. The van der Waals surface area contributed by atoms with E-state index in [-0.39, 0.29) is 6.10 Å². The van der Waals surface area contributed by atoms with Gasteiger partial charge in [-0.3, -0.25) is 9.69 Å². The van der Waals surface area contributed by atoms with Crippen LogP contribution < -0.4 is 4.74 Å². The molecule has 1 saturated heterocycles. The van der Waals surface area contributed by atoms with E-state index in [9.17, 15) is 4.79 Å². The Labute approximate surface area is 133 Å². The minimum atomic E-state index is -0.673. The van der Waals surface area contributed by atoms with Crippen LogP contribution in [-0.4, -0.2) is 41.7 Å². The monoisotopic (exact) mass is 353 g/mol. The summed E-state index contributed by atoms with van der Waals surface area (Å²) in [6.07, 6.45) is 3.47. The Hall–Kier alpha value is -1.07. The molecule has 2 heterocycles. The van der Waals surface area contributed by atoms with Gasteiger partial charge in [-0.05, 0) is 55.6 Å². The molecule has 2 aliphatic heterocycles. The minimum Gasteiger partial charge on any atom is -0.488 e. The van der Waals surface area contributed by atoms with Crippen molar-refractivity contribution >= 4 is 21.9 Å². The van der Waals surface area contributed by atoms with Crippen LogP contribution in [0.2, 0.25) is 0 Å². The molecule has 4 nitrogen and oxygen atoms in total. The zero-order valence-corrected chi connectivity index (χ0v) is 13.5. The van der Waals surface area contributed by atoms with Crippen molar-refractivity contribution in [2.75, 3.05) is 19.6 Å². The van der Waals surface area contributed by atoms with Gasteiger partial charge in [-0.25, -0.2) is 0 Å². The predicted molar refractivity (Wildman–Crippen MR) is 83.7 cm³/mol. The lowest BCUT2D eigenvalue weighted by molar-refractivity contribution is -0.138. The summed E-state index contributed by atoms with van der Waals surface area (Å²) in [7, 11) is 0. The van der Waals surface area contributed by atoms with Gasteiger partial charge in [0.1, 0.15) is 11.9 Å². The van der Waals surface area contributed by atoms with Crippen molar-refractivity contribution < 1.29 is 14.6 Å². The van der Waals surface area contributed by atoms with Crippen LogP contribution in [0.4, 0.5) is 0 Å². The number of carbonyl (C=O) groups is 1. The summed E-state index contributed by atoms with van der Waals surface area (Å²) >= 11 is 3.50. The van der Waals surface area contributed by atoms with Crippen molar-refractivity contribution in [3.8, 4) is 5.75 Å². The lowest BCUT2D eigenvalue weighted by atomic mass is 9.93. The molecule has 3 rings (SSSR count). The number of benzene rings is 1. The van der Waals surface area contributed by atoms with E-state index < -0.39 is 5.97 Å². The molecule has 1 N–H and O–H groups in total. The molecule has 1 fully saturated rings. The summed E-state index contributed by atoms with van der Waals surface area (Å²) in [5.41, 5.74) is 1.27. The molecule has 2 aliphatic rings. The fraction of sp³-hybridized carbons (Fsp3) is 0.562. The zero-order valence-electron chi connectivity index (χ0n) is 11.9. The molecule has 0 amide bonds. The highest BCUT2D eigenvalue weighted by Gasteiger charge is 2.27. The number of carboxylic acid groups (broad SMARTS) is 1. The van der Waals surface area contributed by atoms with E-state index >= 15 is 0 Å². The van der Waals surface area contributed by atoms with Gasteiger partial charge in [-0.1, -0.05) is 15.9 Å². The highest BCUT2D eigenvalue weighted by molar-refractivity contribution is 9.10. The second-order valence-electron chi connectivity index (χ2n) is 6.04. The molecular formula is C16H20BrNO3. The Morgan fingerprint density at radius 3 is 2.86 bits per heavy atom. The molecule has 114 valence electrons. The summed E-state index contributed by atoms with van der Waals surface area (Å²) in [5.74, 6) is 0.675. The summed E-state index contributed by atoms with van der Waals surface area (Å²) in [4.78, 5) is 13.2. The third kappa shape index (κ3) is 3.77. The second kappa shape index (κ2) is 6.36. The summed E-state index contributed by atoms with van der Waals surface area (Å²) in [6.45, 7) is 2.90. The maximum absolute atomic E-state index is 10.7. The highest BCUT2D eigenvalue weighted by Crippen LogP contribution is 2.32. The number of halogens is 1. The van der Waals surface area contributed by atoms with Gasteiger partial charge in [0.25, 0.3) is 0 Å². The smallest absolute Gasteiger partial charge is 0.303 e. The largest absolute Gasteiger partial charge is 0.488 e. The first-order valence-corrected chi connectivity index (χ1v) is 8.28. The van der Waals surface area contributed by atoms with Crippen LogP contribution >= 0.6 is 15.9 Å². The number of piperidine rings is 1. The molecule has 0 saturated carbocycles. The van der Waals surface area contributed by atoms with Crippen LogP contribution in [0.15, 0.2) is 22.7 Å². The van der Waals surface area contributed by atoms with Crippen LogP contribution in [0.5, 0.6) is 5.75 Å². The predicted octanol–water partition coefficient (Wildman–Crippen LogP) is 2.94. The van der Waals surface area contributed by atoms with Gasteiger partial charge in [-0.15, -0.1) is 0 Å². The third-order valence-corrected chi connectivity index (χ3v) is 4.89. The van der Waals surface area contributed by atoms with E-state index in [1.807, 2.05) is 12.1 Å². The number of hydrogen-bond acceptors (Lipinski definition) is 3. The molecule has 1 unspecified atom stereocenters. The Balaban J connectivity index is 1.48. The zero-order chi connectivity index (χ0) is 14.8. The van der Waals surface area contributed by atoms with E-state index in [0.29, 0.717) is 12.3 Å². The first-order valence-electron chi connectivity index (χ1n) is 7.49. The molecule has 0 bridgehead atoms. The number of nitrogens with zero attached hydrogens (tertiary/aromatic N) is 1. The van der Waals surface area contributed by atoms with Gasteiger partial charge >= 0.3 is 5.97 Å². The maximum atomic E-state index is 10.7. The molecule has 1 atom stereocenters.